The molecule has 0 spiro atoms. The predicted octanol–water partition coefficient (Wildman–Crippen LogP) is 4.78. The Balaban J connectivity index is 1.45. The number of nitrogens with one attached hydrogen (secondary N) is 1. The van der Waals surface area contributed by atoms with E-state index in [1.165, 1.54) is 19.2 Å². The number of aromatic nitrogens is 2. The Morgan fingerprint density at radius 2 is 1.94 bits per heavy atom. The van der Waals surface area contributed by atoms with Crippen molar-refractivity contribution in [3.8, 4) is 17.4 Å². The SMILES string of the molecule is COc1cc(/C=N\Nc2ccc3ccccc3n2)ccc1Oc1ccc([N+](=O)[O-])cn1. The van der Waals surface area contributed by atoms with Crippen molar-refractivity contribution in [3.63, 3.8) is 0 Å². The van der Waals surface area contributed by atoms with Crippen molar-refractivity contribution in [2.24, 2.45) is 5.10 Å². The molecule has 4 aromatic rings. The fourth-order valence-corrected chi connectivity index (χ4v) is 2.80. The van der Waals surface area contributed by atoms with Gasteiger partial charge in [-0.2, -0.15) is 5.10 Å². The van der Waals surface area contributed by atoms with Gasteiger partial charge in [-0.25, -0.2) is 9.97 Å². The third-order valence-corrected chi connectivity index (χ3v) is 4.32. The molecule has 9 heteroatoms. The number of ether oxygens (including phenoxy) is 2. The number of methoxy groups -OCH3 is 1. The lowest BCUT2D eigenvalue weighted by atomic mass is 10.2. The number of anilines is 1. The van der Waals surface area contributed by atoms with Gasteiger partial charge in [0.1, 0.15) is 12.0 Å². The van der Waals surface area contributed by atoms with E-state index in [1.54, 1.807) is 24.4 Å². The molecule has 0 amide bonds. The number of nitro groups is 1. The number of nitrogens with zero attached hydrogens (tertiary/aromatic N) is 4. The molecule has 0 aliphatic carbocycles. The topological polar surface area (TPSA) is 112 Å². The molecule has 0 aliphatic heterocycles. The Hall–Kier alpha value is -4.53. The number of hydrogen-bond acceptors (Lipinski definition) is 8. The van der Waals surface area contributed by atoms with Gasteiger partial charge in [0.05, 0.1) is 23.8 Å². The van der Waals surface area contributed by atoms with Gasteiger partial charge in [0, 0.05) is 17.5 Å². The predicted molar refractivity (Wildman–Crippen MR) is 117 cm³/mol. The van der Waals surface area contributed by atoms with E-state index < -0.39 is 4.92 Å². The van der Waals surface area contributed by atoms with E-state index in [4.69, 9.17) is 9.47 Å². The second-order valence-electron chi connectivity index (χ2n) is 6.38. The van der Waals surface area contributed by atoms with Gasteiger partial charge in [-0.15, -0.1) is 0 Å². The molecule has 0 fully saturated rings. The van der Waals surface area contributed by atoms with Gasteiger partial charge in [-0.1, -0.05) is 18.2 Å². The zero-order chi connectivity index (χ0) is 21.6. The molecule has 2 heterocycles. The largest absolute Gasteiger partial charge is 0.493 e. The Bertz CT molecular complexity index is 1260. The molecule has 154 valence electrons. The molecule has 2 aromatic heterocycles. The molecule has 0 saturated heterocycles. The summed E-state index contributed by atoms with van der Waals surface area (Å²) in [4.78, 5) is 18.6. The zero-order valence-corrected chi connectivity index (χ0v) is 16.4. The lowest BCUT2D eigenvalue weighted by molar-refractivity contribution is -0.385. The maximum atomic E-state index is 10.7. The quantitative estimate of drug-likeness (QED) is 0.262. The first-order valence-corrected chi connectivity index (χ1v) is 9.23. The maximum absolute atomic E-state index is 10.7. The highest BCUT2D eigenvalue weighted by Gasteiger charge is 2.10. The molecule has 0 aliphatic rings. The molecule has 2 aromatic carbocycles. The van der Waals surface area contributed by atoms with Gasteiger partial charge >= 0.3 is 0 Å². The number of rotatable bonds is 7. The smallest absolute Gasteiger partial charge is 0.287 e. The van der Waals surface area contributed by atoms with Crippen LogP contribution in [0.1, 0.15) is 5.56 Å². The second kappa shape index (κ2) is 8.87. The van der Waals surface area contributed by atoms with E-state index in [1.807, 2.05) is 36.4 Å². The lowest BCUT2D eigenvalue weighted by Crippen LogP contribution is -1.96. The normalized spacial score (nSPS) is 10.9. The molecular weight excluding hydrogens is 398 g/mol. The minimum absolute atomic E-state index is 0.112. The molecule has 4 rings (SSSR count). The van der Waals surface area contributed by atoms with Crippen molar-refractivity contribution in [1.29, 1.82) is 0 Å². The van der Waals surface area contributed by atoms with Crippen LogP contribution in [0.3, 0.4) is 0 Å². The average molecular weight is 415 g/mol. The van der Waals surface area contributed by atoms with Crippen LogP contribution in [0.4, 0.5) is 11.5 Å². The summed E-state index contributed by atoms with van der Waals surface area (Å²) in [6, 6.07) is 19.7. The van der Waals surface area contributed by atoms with Gasteiger partial charge in [0.15, 0.2) is 11.5 Å². The number of benzene rings is 2. The van der Waals surface area contributed by atoms with E-state index in [-0.39, 0.29) is 11.6 Å². The number of hydrazone groups is 1. The summed E-state index contributed by atoms with van der Waals surface area (Å²) in [6.45, 7) is 0. The van der Waals surface area contributed by atoms with Crippen molar-refractivity contribution < 1.29 is 14.4 Å². The molecule has 0 unspecified atom stereocenters. The van der Waals surface area contributed by atoms with Gasteiger partial charge in [-0.05, 0) is 42.0 Å². The monoisotopic (exact) mass is 415 g/mol. The first kappa shape index (κ1) is 19.8. The van der Waals surface area contributed by atoms with Crippen LogP contribution in [0.5, 0.6) is 17.4 Å². The molecule has 0 atom stereocenters. The third kappa shape index (κ3) is 4.73. The van der Waals surface area contributed by atoms with Gasteiger partial charge in [0.2, 0.25) is 5.88 Å². The zero-order valence-electron chi connectivity index (χ0n) is 16.4. The first-order valence-electron chi connectivity index (χ1n) is 9.23. The summed E-state index contributed by atoms with van der Waals surface area (Å²) in [5.74, 6) is 1.73. The minimum Gasteiger partial charge on any atom is -0.493 e. The summed E-state index contributed by atoms with van der Waals surface area (Å²) < 4.78 is 11.1. The second-order valence-corrected chi connectivity index (χ2v) is 6.38. The summed E-state index contributed by atoms with van der Waals surface area (Å²) in [6.07, 6.45) is 2.77. The maximum Gasteiger partial charge on any atom is 0.287 e. The highest BCUT2D eigenvalue weighted by atomic mass is 16.6. The van der Waals surface area contributed by atoms with E-state index in [0.29, 0.717) is 17.3 Å². The van der Waals surface area contributed by atoms with Crippen LogP contribution in [-0.2, 0) is 0 Å². The number of fused-ring (bicyclic) bond motifs is 1. The van der Waals surface area contributed by atoms with Crippen LogP contribution >= 0.6 is 0 Å². The molecule has 9 nitrogen and oxygen atoms in total. The van der Waals surface area contributed by atoms with E-state index in [0.717, 1.165) is 22.7 Å². The highest BCUT2D eigenvalue weighted by Crippen LogP contribution is 2.31. The third-order valence-electron chi connectivity index (χ3n) is 4.32. The van der Waals surface area contributed by atoms with Crippen molar-refractivity contribution >= 4 is 28.6 Å². The minimum atomic E-state index is -0.521. The Morgan fingerprint density at radius 3 is 2.71 bits per heavy atom. The van der Waals surface area contributed by atoms with Gasteiger partial charge in [-0.3, -0.25) is 15.5 Å². The van der Waals surface area contributed by atoms with E-state index >= 15 is 0 Å². The Kier molecular flexibility index (Phi) is 5.66. The molecule has 0 radical (unpaired) electrons. The van der Waals surface area contributed by atoms with Gasteiger partial charge in [0.25, 0.3) is 5.69 Å². The lowest BCUT2D eigenvalue weighted by Gasteiger charge is -2.10. The van der Waals surface area contributed by atoms with E-state index in [9.17, 15) is 10.1 Å². The van der Waals surface area contributed by atoms with E-state index in [2.05, 4.69) is 20.5 Å². The van der Waals surface area contributed by atoms with Gasteiger partial charge < -0.3 is 9.47 Å². The van der Waals surface area contributed by atoms with Crippen molar-refractivity contribution in [2.45, 2.75) is 0 Å². The Morgan fingerprint density at radius 1 is 1.06 bits per heavy atom. The molecule has 31 heavy (non-hydrogen) atoms. The average Bonchev–Trinajstić information content (AvgIpc) is 2.80. The molecule has 0 bridgehead atoms. The van der Waals surface area contributed by atoms with Crippen LogP contribution in [0.25, 0.3) is 10.9 Å². The fourth-order valence-electron chi connectivity index (χ4n) is 2.80. The summed E-state index contributed by atoms with van der Waals surface area (Å²) in [5.41, 5.74) is 4.45. The van der Waals surface area contributed by atoms with Crippen LogP contribution in [0, 0.1) is 10.1 Å². The molecular formula is C22H17N5O4. The molecule has 0 saturated carbocycles. The van der Waals surface area contributed by atoms with Crippen LogP contribution in [0.15, 0.2) is 78.0 Å². The standard InChI is InChI=1S/C22H17N5O4/c1-30-20-12-15(6-9-19(20)31-22-11-8-17(14-23-22)27(28)29)13-24-26-21-10-7-16-4-2-3-5-18(16)25-21/h2-14H,1H3,(H,25,26)/b24-13-. The van der Waals surface area contributed by atoms with Crippen LogP contribution < -0.4 is 14.9 Å². The van der Waals surface area contributed by atoms with Crippen molar-refractivity contribution in [3.05, 3.63) is 88.6 Å². The summed E-state index contributed by atoms with van der Waals surface area (Å²) in [7, 11) is 1.52. The van der Waals surface area contributed by atoms with Crippen LogP contribution in [0.2, 0.25) is 0 Å². The Labute approximate surface area is 177 Å². The van der Waals surface area contributed by atoms with Crippen molar-refractivity contribution in [1.82, 2.24) is 9.97 Å². The number of pyridine rings is 2. The highest BCUT2D eigenvalue weighted by molar-refractivity contribution is 5.82. The summed E-state index contributed by atoms with van der Waals surface area (Å²) >= 11 is 0. The fraction of sp³-hybridized carbons (Fsp3) is 0.0455. The molecule has 1 N–H and O–H groups in total. The van der Waals surface area contributed by atoms with Crippen LogP contribution in [-0.4, -0.2) is 28.2 Å². The summed E-state index contributed by atoms with van der Waals surface area (Å²) in [5, 5.41) is 16.0. The first-order chi connectivity index (χ1) is 15.1. The van der Waals surface area contributed by atoms with Crippen molar-refractivity contribution in [2.75, 3.05) is 12.5 Å². The number of para-hydroxylation sites is 1. The number of hydrogen-bond donors (Lipinski definition) is 1.